The number of nitrogens with zero attached hydrogens (tertiary/aromatic N) is 5. The van der Waals surface area contributed by atoms with E-state index < -0.39 is 5.54 Å². The van der Waals surface area contributed by atoms with Gasteiger partial charge in [0, 0.05) is 18.3 Å². The Kier molecular flexibility index (Phi) is 5.90. The van der Waals surface area contributed by atoms with Crippen molar-refractivity contribution in [3.63, 3.8) is 0 Å². The lowest BCUT2D eigenvalue weighted by Crippen LogP contribution is -2.62. The lowest BCUT2D eigenvalue weighted by Gasteiger charge is -2.49. The number of carbonyl (C=O) groups excluding carboxylic acids is 1. The molecule has 1 unspecified atom stereocenters. The number of aryl methyl sites for hydroxylation is 1. The van der Waals surface area contributed by atoms with Crippen LogP contribution in [0.4, 0.5) is 4.39 Å². The normalized spacial score (nSPS) is 18.9. The van der Waals surface area contributed by atoms with Gasteiger partial charge in [0.25, 0.3) is 5.91 Å². The summed E-state index contributed by atoms with van der Waals surface area (Å²) in [6, 6.07) is 11.9. The van der Waals surface area contributed by atoms with Crippen molar-refractivity contribution in [1.82, 2.24) is 19.4 Å². The highest BCUT2D eigenvalue weighted by molar-refractivity contribution is 6.13. The second kappa shape index (κ2) is 8.93. The maximum Gasteiger partial charge on any atom is 0.259 e. The van der Waals surface area contributed by atoms with Gasteiger partial charge in [-0.15, -0.1) is 0 Å². The van der Waals surface area contributed by atoms with Crippen LogP contribution in [0.25, 0.3) is 11.8 Å². The van der Waals surface area contributed by atoms with E-state index in [0.717, 1.165) is 29.1 Å². The number of amides is 1. The highest BCUT2D eigenvalue weighted by Gasteiger charge is 2.49. The summed E-state index contributed by atoms with van der Waals surface area (Å²) < 4.78 is 21.1. The fraction of sp³-hybridized carbons (Fsp3) is 0.321. The number of aromatic nitrogens is 2. The molecule has 0 bridgehead atoms. The Bertz CT molecular complexity index is 1370. The highest BCUT2D eigenvalue weighted by Crippen LogP contribution is 2.39. The molecule has 1 atom stereocenters. The van der Waals surface area contributed by atoms with Crippen molar-refractivity contribution in [2.45, 2.75) is 39.3 Å². The van der Waals surface area contributed by atoms with E-state index in [1.807, 2.05) is 48.9 Å². The smallest absolute Gasteiger partial charge is 0.259 e. The van der Waals surface area contributed by atoms with E-state index in [9.17, 15) is 9.18 Å². The Labute approximate surface area is 210 Å². The van der Waals surface area contributed by atoms with E-state index in [1.165, 1.54) is 12.1 Å². The van der Waals surface area contributed by atoms with Gasteiger partial charge in [-0.25, -0.2) is 9.37 Å². The first-order valence-corrected chi connectivity index (χ1v) is 12.0. The maximum absolute atomic E-state index is 14.0. The van der Waals surface area contributed by atoms with Crippen LogP contribution >= 0.6 is 0 Å². The molecule has 7 nitrogen and oxygen atoms in total. The Morgan fingerprint density at radius 1 is 1.17 bits per heavy atom. The molecule has 0 aliphatic carbocycles. The van der Waals surface area contributed by atoms with Crippen molar-refractivity contribution < 1.29 is 13.9 Å². The number of hydrogen-bond acceptors (Lipinski definition) is 5. The van der Waals surface area contributed by atoms with Crippen LogP contribution in [0.5, 0.6) is 5.75 Å². The van der Waals surface area contributed by atoms with E-state index in [-0.39, 0.29) is 17.8 Å². The van der Waals surface area contributed by atoms with E-state index in [0.29, 0.717) is 23.8 Å². The molecule has 0 spiro atoms. The minimum absolute atomic E-state index is 0.109. The molecule has 36 heavy (non-hydrogen) atoms. The number of halogens is 1. The fourth-order valence-corrected chi connectivity index (χ4v) is 4.99. The third-order valence-electron chi connectivity index (χ3n) is 7.06. The van der Waals surface area contributed by atoms with Crippen LogP contribution < -0.4 is 4.74 Å². The predicted molar refractivity (Wildman–Crippen MR) is 138 cm³/mol. The molecule has 3 aromatic rings. The van der Waals surface area contributed by atoms with Crippen molar-refractivity contribution in [2.24, 2.45) is 4.99 Å². The van der Waals surface area contributed by atoms with E-state index in [1.54, 1.807) is 30.5 Å². The average Bonchev–Trinajstić information content (AvgIpc) is 3.52. The van der Waals surface area contributed by atoms with Crippen LogP contribution in [0.3, 0.4) is 0 Å². The number of imidazole rings is 1. The SMILES string of the molecule is COc1cc(/C=C2/C(=O)N(C(C)c3ccc(F)cc3)C3=NCCN3C2(C)C)ccc1-n1cnc(C)c1. The lowest BCUT2D eigenvalue weighted by molar-refractivity contribution is -0.128. The third-order valence-corrected chi connectivity index (χ3v) is 7.06. The van der Waals surface area contributed by atoms with Crippen LogP contribution in [0.1, 0.15) is 43.6 Å². The second-order valence-electron chi connectivity index (χ2n) is 9.71. The number of rotatable bonds is 5. The van der Waals surface area contributed by atoms with Gasteiger partial charge in [-0.05, 0) is 69.2 Å². The van der Waals surface area contributed by atoms with Crippen LogP contribution in [0.15, 0.2) is 65.6 Å². The molecule has 0 N–H and O–H groups in total. The van der Waals surface area contributed by atoms with E-state index in [2.05, 4.69) is 28.7 Å². The van der Waals surface area contributed by atoms with Gasteiger partial charge in [0.2, 0.25) is 5.96 Å². The molecule has 1 amide bonds. The zero-order chi connectivity index (χ0) is 25.6. The monoisotopic (exact) mass is 487 g/mol. The molecule has 2 aromatic carbocycles. The van der Waals surface area contributed by atoms with Crippen molar-refractivity contribution >= 4 is 17.9 Å². The molecule has 5 rings (SSSR count). The summed E-state index contributed by atoms with van der Waals surface area (Å²) in [7, 11) is 1.63. The minimum Gasteiger partial charge on any atom is -0.495 e. The number of fused-ring (bicyclic) bond motifs is 1. The highest BCUT2D eigenvalue weighted by atomic mass is 19.1. The summed E-state index contributed by atoms with van der Waals surface area (Å²) in [6.07, 6.45) is 5.63. The number of ether oxygens (including phenoxy) is 1. The lowest BCUT2D eigenvalue weighted by atomic mass is 9.86. The number of carbonyl (C=O) groups is 1. The van der Waals surface area contributed by atoms with Gasteiger partial charge in [-0.3, -0.25) is 14.7 Å². The first kappa shape index (κ1) is 23.8. The van der Waals surface area contributed by atoms with Gasteiger partial charge >= 0.3 is 0 Å². The van der Waals surface area contributed by atoms with Gasteiger partial charge in [0.1, 0.15) is 11.6 Å². The molecule has 8 heteroatoms. The molecule has 2 aliphatic rings. The van der Waals surface area contributed by atoms with Crippen molar-refractivity contribution in [1.29, 1.82) is 0 Å². The first-order valence-electron chi connectivity index (χ1n) is 12.0. The summed E-state index contributed by atoms with van der Waals surface area (Å²) >= 11 is 0. The second-order valence-corrected chi connectivity index (χ2v) is 9.71. The van der Waals surface area contributed by atoms with Crippen LogP contribution in [0, 0.1) is 12.7 Å². The molecule has 2 aliphatic heterocycles. The molecule has 3 heterocycles. The van der Waals surface area contributed by atoms with E-state index >= 15 is 0 Å². The summed E-state index contributed by atoms with van der Waals surface area (Å²) in [5, 5.41) is 0. The molecular formula is C28H30FN5O2. The Balaban J connectivity index is 1.56. The number of guanidine groups is 1. The standard InChI is InChI=1S/C28H30FN5O2/c1-18-16-32(17-31-18)24-11-6-20(15-25(24)36-5)14-23-26(35)34(19(2)21-7-9-22(29)10-8-21)27-30-12-13-33(27)28(23,3)4/h6-11,14-17,19H,12-13H2,1-5H3/b23-14-. The quantitative estimate of drug-likeness (QED) is 0.487. The Morgan fingerprint density at radius 2 is 1.92 bits per heavy atom. The van der Waals surface area contributed by atoms with Crippen LogP contribution in [-0.4, -0.2) is 57.0 Å². The number of hydrogen-bond donors (Lipinski definition) is 0. The van der Waals surface area contributed by atoms with Crippen LogP contribution in [0.2, 0.25) is 0 Å². The number of methoxy groups -OCH3 is 1. The fourth-order valence-electron chi connectivity index (χ4n) is 4.99. The van der Waals surface area contributed by atoms with Gasteiger partial charge in [-0.1, -0.05) is 18.2 Å². The molecule has 1 fully saturated rings. The third kappa shape index (κ3) is 3.96. The van der Waals surface area contributed by atoms with Crippen molar-refractivity contribution in [3.05, 3.63) is 83.2 Å². The average molecular weight is 488 g/mol. The zero-order valence-corrected chi connectivity index (χ0v) is 21.2. The van der Waals surface area contributed by atoms with Gasteiger partial charge < -0.3 is 14.2 Å². The first-order chi connectivity index (χ1) is 17.2. The molecule has 1 saturated heterocycles. The topological polar surface area (TPSA) is 63.0 Å². The summed E-state index contributed by atoms with van der Waals surface area (Å²) in [4.78, 5) is 27.0. The van der Waals surface area contributed by atoms with E-state index in [4.69, 9.17) is 4.74 Å². The summed E-state index contributed by atoms with van der Waals surface area (Å²) in [5.41, 5.74) is 3.59. The molecular weight excluding hydrogens is 457 g/mol. The number of benzene rings is 2. The summed E-state index contributed by atoms with van der Waals surface area (Å²) in [6.45, 7) is 9.34. The van der Waals surface area contributed by atoms with Crippen molar-refractivity contribution in [3.8, 4) is 11.4 Å². The molecule has 186 valence electrons. The number of aliphatic imine (C=N–C) groups is 1. The zero-order valence-electron chi connectivity index (χ0n) is 21.2. The molecule has 0 saturated carbocycles. The van der Waals surface area contributed by atoms with Gasteiger partial charge in [-0.2, -0.15) is 0 Å². The molecule has 1 aromatic heterocycles. The Morgan fingerprint density at radius 3 is 2.58 bits per heavy atom. The van der Waals surface area contributed by atoms with Gasteiger partial charge in [0.15, 0.2) is 0 Å². The maximum atomic E-state index is 14.0. The summed E-state index contributed by atoms with van der Waals surface area (Å²) in [5.74, 6) is 0.938. The largest absolute Gasteiger partial charge is 0.495 e. The molecule has 0 radical (unpaired) electrons. The van der Waals surface area contributed by atoms with Crippen molar-refractivity contribution in [2.75, 3.05) is 20.2 Å². The van der Waals surface area contributed by atoms with Crippen LogP contribution in [-0.2, 0) is 4.79 Å². The predicted octanol–water partition coefficient (Wildman–Crippen LogP) is 4.77. The Hall–Kier alpha value is -3.94. The van der Waals surface area contributed by atoms with Gasteiger partial charge in [0.05, 0.1) is 42.9 Å². The minimum atomic E-state index is -0.557.